The zero-order valence-corrected chi connectivity index (χ0v) is 14.0. The predicted molar refractivity (Wildman–Crippen MR) is 95.6 cm³/mol. The van der Waals surface area contributed by atoms with Gasteiger partial charge < -0.3 is 16.0 Å². The number of carbonyl (C=O) groups excluding carboxylic acids is 1. The molecule has 3 N–H and O–H groups in total. The van der Waals surface area contributed by atoms with E-state index < -0.39 is 0 Å². The summed E-state index contributed by atoms with van der Waals surface area (Å²) in [5.74, 6) is 0.580. The van der Waals surface area contributed by atoms with Gasteiger partial charge >= 0.3 is 0 Å². The van der Waals surface area contributed by atoms with Crippen molar-refractivity contribution in [1.82, 2.24) is 0 Å². The summed E-state index contributed by atoms with van der Waals surface area (Å²) in [7, 11) is 0. The van der Waals surface area contributed by atoms with Gasteiger partial charge in [-0.1, -0.05) is 25.3 Å². The summed E-state index contributed by atoms with van der Waals surface area (Å²) in [6, 6.07) is 8.31. The maximum Gasteiger partial charge on any atom is 0.227 e. The van der Waals surface area contributed by atoms with Crippen LogP contribution in [0.4, 0.5) is 11.4 Å². The minimum Gasteiger partial charge on any atom is -0.371 e. The highest BCUT2D eigenvalue weighted by Crippen LogP contribution is 2.32. The molecule has 23 heavy (non-hydrogen) atoms. The molecule has 0 radical (unpaired) electrons. The molecule has 1 aliphatic heterocycles. The standard InChI is InChI=1S/C19H29N3O/c20-14-15-7-5-10-18(15)19(23)21-16-8-6-9-17(13-16)22-11-3-1-2-4-12-22/h6,8-9,13,15,18H,1-5,7,10-12,14,20H2,(H,21,23)/t15-,18-/m1/s1. The molecule has 1 aliphatic carbocycles. The highest BCUT2D eigenvalue weighted by atomic mass is 16.1. The molecule has 4 nitrogen and oxygen atoms in total. The molecule has 0 aromatic heterocycles. The fraction of sp³-hybridized carbons (Fsp3) is 0.632. The summed E-state index contributed by atoms with van der Waals surface area (Å²) in [6.07, 6.45) is 8.35. The van der Waals surface area contributed by atoms with Gasteiger partial charge in [0, 0.05) is 30.4 Å². The van der Waals surface area contributed by atoms with Crippen LogP contribution in [0.25, 0.3) is 0 Å². The minimum absolute atomic E-state index is 0.0850. The van der Waals surface area contributed by atoms with Crippen LogP contribution in [0.15, 0.2) is 24.3 Å². The third kappa shape index (κ3) is 4.05. The van der Waals surface area contributed by atoms with Crippen LogP contribution in [-0.4, -0.2) is 25.5 Å². The predicted octanol–water partition coefficient (Wildman–Crippen LogP) is 3.38. The van der Waals surface area contributed by atoms with Crippen molar-refractivity contribution < 1.29 is 4.79 Å². The van der Waals surface area contributed by atoms with Crippen LogP contribution in [-0.2, 0) is 4.79 Å². The number of nitrogens with two attached hydrogens (primary N) is 1. The van der Waals surface area contributed by atoms with E-state index >= 15 is 0 Å². The van der Waals surface area contributed by atoms with Crippen LogP contribution in [0.2, 0.25) is 0 Å². The molecule has 1 amide bonds. The fourth-order valence-electron chi connectivity index (χ4n) is 4.01. The van der Waals surface area contributed by atoms with E-state index in [1.807, 2.05) is 12.1 Å². The van der Waals surface area contributed by atoms with Crippen molar-refractivity contribution >= 4 is 17.3 Å². The Balaban J connectivity index is 1.66. The molecular formula is C19H29N3O. The highest BCUT2D eigenvalue weighted by molar-refractivity contribution is 5.93. The van der Waals surface area contributed by atoms with Gasteiger partial charge in [-0.3, -0.25) is 4.79 Å². The van der Waals surface area contributed by atoms with Crippen LogP contribution in [0.1, 0.15) is 44.9 Å². The molecular weight excluding hydrogens is 286 g/mol. The van der Waals surface area contributed by atoms with E-state index in [0.717, 1.165) is 38.0 Å². The molecule has 3 rings (SSSR count). The van der Waals surface area contributed by atoms with E-state index in [0.29, 0.717) is 12.5 Å². The molecule has 4 heteroatoms. The van der Waals surface area contributed by atoms with Crippen molar-refractivity contribution in [1.29, 1.82) is 0 Å². The Morgan fingerprint density at radius 2 is 1.91 bits per heavy atom. The molecule has 1 saturated heterocycles. The maximum atomic E-state index is 12.5. The number of carbonyl (C=O) groups is 1. The van der Waals surface area contributed by atoms with Crippen LogP contribution >= 0.6 is 0 Å². The van der Waals surface area contributed by atoms with Crippen LogP contribution in [0.5, 0.6) is 0 Å². The second-order valence-electron chi connectivity index (χ2n) is 6.97. The van der Waals surface area contributed by atoms with Crippen molar-refractivity contribution in [2.24, 2.45) is 17.6 Å². The van der Waals surface area contributed by atoms with Crippen LogP contribution in [0, 0.1) is 11.8 Å². The van der Waals surface area contributed by atoms with E-state index in [2.05, 4.69) is 22.3 Å². The summed E-state index contributed by atoms with van der Waals surface area (Å²) in [6.45, 7) is 2.86. The van der Waals surface area contributed by atoms with Gasteiger partial charge in [-0.2, -0.15) is 0 Å². The van der Waals surface area contributed by atoms with E-state index in [4.69, 9.17) is 5.73 Å². The van der Waals surface area contributed by atoms with Gasteiger partial charge in [-0.05, 0) is 56.3 Å². The lowest BCUT2D eigenvalue weighted by Gasteiger charge is -2.23. The van der Waals surface area contributed by atoms with E-state index in [9.17, 15) is 4.79 Å². The summed E-state index contributed by atoms with van der Waals surface area (Å²) in [4.78, 5) is 15.0. The third-order valence-corrected chi connectivity index (χ3v) is 5.38. The first kappa shape index (κ1) is 16.3. The molecule has 0 spiro atoms. The lowest BCUT2D eigenvalue weighted by atomic mass is 9.95. The Morgan fingerprint density at radius 3 is 2.65 bits per heavy atom. The number of nitrogens with zero attached hydrogens (tertiary/aromatic N) is 1. The second kappa shape index (κ2) is 7.82. The Morgan fingerprint density at radius 1 is 1.13 bits per heavy atom. The van der Waals surface area contributed by atoms with E-state index in [1.54, 1.807) is 0 Å². The van der Waals surface area contributed by atoms with Gasteiger partial charge in [0.25, 0.3) is 0 Å². The normalized spacial score (nSPS) is 25.2. The van der Waals surface area contributed by atoms with Crippen molar-refractivity contribution in [3.05, 3.63) is 24.3 Å². The van der Waals surface area contributed by atoms with E-state index in [1.165, 1.54) is 31.4 Å². The number of benzene rings is 1. The minimum atomic E-state index is 0.0850. The SMILES string of the molecule is NC[C@H]1CCC[C@H]1C(=O)Nc1cccc(N2CCCCCC2)c1. The first-order chi connectivity index (χ1) is 11.3. The number of nitrogens with one attached hydrogen (secondary N) is 1. The number of hydrogen-bond acceptors (Lipinski definition) is 3. The quantitative estimate of drug-likeness (QED) is 0.895. The zero-order valence-electron chi connectivity index (χ0n) is 14.0. The topological polar surface area (TPSA) is 58.4 Å². The molecule has 2 aliphatic rings. The Hall–Kier alpha value is -1.55. The first-order valence-corrected chi connectivity index (χ1v) is 9.14. The average Bonchev–Trinajstić information content (AvgIpc) is 2.89. The molecule has 1 saturated carbocycles. The Bertz CT molecular complexity index is 523. The van der Waals surface area contributed by atoms with Crippen molar-refractivity contribution in [2.45, 2.75) is 44.9 Å². The maximum absolute atomic E-state index is 12.5. The molecule has 126 valence electrons. The first-order valence-electron chi connectivity index (χ1n) is 9.14. The number of hydrogen-bond donors (Lipinski definition) is 2. The van der Waals surface area contributed by atoms with Gasteiger partial charge in [0.05, 0.1) is 0 Å². The zero-order chi connectivity index (χ0) is 16.1. The number of rotatable bonds is 4. The van der Waals surface area contributed by atoms with Crippen LogP contribution in [0.3, 0.4) is 0 Å². The molecule has 0 unspecified atom stereocenters. The van der Waals surface area contributed by atoms with Gasteiger partial charge in [-0.25, -0.2) is 0 Å². The van der Waals surface area contributed by atoms with E-state index in [-0.39, 0.29) is 11.8 Å². The molecule has 1 aromatic carbocycles. The third-order valence-electron chi connectivity index (χ3n) is 5.38. The Labute approximate surface area is 139 Å². The number of amides is 1. The molecule has 1 heterocycles. The molecule has 0 bridgehead atoms. The largest absolute Gasteiger partial charge is 0.371 e. The number of anilines is 2. The molecule has 2 atom stereocenters. The molecule has 1 aromatic rings. The monoisotopic (exact) mass is 315 g/mol. The lowest BCUT2D eigenvalue weighted by molar-refractivity contribution is -0.120. The highest BCUT2D eigenvalue weighted by Gasteiger charge is 2.31. The van der Waals surface area contributed by atoms with Gasteiger partial charge in [-0.15, -0.1) is 0 Å². The van der Waals surface area contributed by atoms with Gasteiger partial charge in [0.1, 0.15) is 0 Å². The smallest absolute Gasteiger partial charge is 0.227 e. The van der Waals surface area contributed by atoms with Crippen LogP contribution < -0.4 is 16.0 Å². The summed E-state index contributed by atoms with van der Waals surface area (Å²) < 4.78 is 0. The summed E-state index contributed by atoms with van der Waals surface area (Å²) in [5.41, 5.74) is 7.95. The molecule has 2 fully saturated rings. The second-order valence-corrected chi connectivity index (χ2v) is 6.97. The lowest BCUT2D eigenvalue weighted by Crippen LogP contribution is -2.30. The van der Waals surface area contributed by atoms with Crippen molar-refractivity contribution in [3.8, 4) is 0 Å². The fourth-order valence-corrected chi connectivity index (χ4v) is 4.01. The summed E-state index contributed by atoms with van der Waals surface area (Å²) in [5, 5.41) is 3.12. The van der Waals surface area contributed by atoms with Gasteiger partial charge in [0.15, 0.2) is 0 Å². The van der Waals surface area contributed by atoms with Gasteiger partial charge in [0.2, 0.25) is 5.91 Å². The van der Waals surface area contributed by atoms with Crippen molar-refractivity contribution in [2.75, 3.05) is 29.9 Å². The van der Waals surface area contributed by atoms with Crippen molar-refractivity contribution in [3.63, 3.8) is 0 Å². The Kier molecular flexibility index (Phi) is 5.55. The summed E-state index contributed by atoms with van der Waals surface area (Å²) >= 11 is 0. The average molecular weight is 315 g/mol.